The van der Waals surface area contributed by atoms with Crippen LogP contribution in [0.1, 0.15) is 38.3 Å². The molecular formula is C43H31BF15NTi+. The van der Waals surface area contributed by atoms with Gasteiger partial charge in [-0.1, -0.05) is 69.2 Å². The van der Waals surface area contributed by atoms with Crippen molar-refractivity contribution < 1.29 is 87.6 Å². The van der Waals surface area contributed by atoms with Crippen molar-refractivity contribution in [2.45, 2.75) is 39.1 Å². The van der Waals surface area contributed by atoms with Gasteiger partial charge < -0.3 is 5.32 Å². The maximum Gasteiger partial charge on any atom is 4.00 e. The minimum absolute atomic E-state index is 0. The fourth-order valence-electron chi connectivity index (χ4n) is 6.45. The summed E-state index contributed by atoms with van der Waals surface area (Å²) in [5.41, 5.74) is -7.30. The first-order valence-electron chi connectivity index (χ1n) is 17.6. The van der Waals surface area contributed by atoms with Gasteiger partial charge >= 0.3 is 21.7 Å². The molecule has 0 saturated heterocycles. The Labute approximate surface area is 357 Å². The zero-order valence-corrected chi connectivity index (χ0v) is 33.7. The second-order valence-corrected chi connectivity index (χ2v) is 14.3. The van der Waals surface area contributed by atoms with E-state index in [9.17, 15) is 39.5 Å². The van der Waals surface area contributed by atoms with Crippen molar-refractivity contribution >= 4 is 22.5 Å². The second-order valence-electron chi connectivity index (χ2n) is 14.3. The SMILES string of the molecule is CC(C)(C)[N-]CC[C]1[CH][CH][CH][CH]1.Fc1c(F)c(F)c([B-](Cc2ccccc2)(c2c(F)c(F)c(F)c(F)c2F)c2c(F)c(F)c(F)c(F)c2F)c(F)c1F.[CH2-]c1ccccc1.[Ti+4]. The summed E-state index contributed by atoms with van der Waals surface area (Å²) < 4.78 is 220. The summed E-state index contributed by atoms with van der Waals surface area (Å²) in [4.78, 5) is 0. The predicted octanol–water partition coefficient (Wildman–Crippen LogP) is 10.8. The molecule has 18 heteroatoms. The van der Waals surface area contributed by atoms with E-state index < -0.39 is 122 Å². The third kappa shape index (κ3) is 11.0. The predicted molar refractivity (Wildman–Crippen MR) is 197 cm³/mol. The van der Waals surface area contributed by atoms with E-state index in [1.807, 2.05) is 30.3 Å². The maximum atomic E-state index is 15.3. The van der Waals surface area contributed by atoms with Crippen LogP contribution in [0.4, 0.5) is 65.9 Å². The summed E-state index contributed by atoms with van der Waals surface area (Å²) in [6, 6.07) is 14.8. The minimum Gasteiger partial charge on any atom is -0.657 e. The Morgan fingerprint density at radius 3 is 1.03 bits per heavy atom. The van der Waals surface area contributed by atoms with Crippen molar-refractivity contribution in [1.29, 1.82) is 0 Å². The van der Waals surface area contributed by atoms with E-state index in [-0.39, 0.29) is 27.3 Å². The van der Waals surface area contributed by atoms with Crippen molar-refractivity contribution in [3.8, 4) is 0 Å². The molecule has 6 rings (SSSR count). The van der Waals surface area contributed by atoms with E-state index >= 15 is 26.3 Å². The van der Waals surface area contributed by atoms with Gasteiger partial charge in [0.25, 0.3) is 0 Å². The largest absolute Gasteiger partial charge is 4.00 e. The smallest absolute Gasteiger partial charge is 0.657 e. The number of halogens is 15. The van der Waals surface area contributed by atoms with Gasteiger partial charge in [-0.05, 0) is 31.6 Å². The third-order valence-electron chi connectivity index (χ3n) is 9.16. The molecule has 0 aliphatic heterocycles. The third-order valence-corrected chi connectivity index (χ3v) is 9.16. The molecule has 61 heavy (non-hydrogen) atoms. The van der Waals surface area contributed by atoms with Gasteiger partial charge in [-0.3, -0.25) is 0 Å². The molecule has 0 aromatic heterocycles. The van der Waals surface area contributed by atoms with Crippen LogP contribution in [0.2, 0.25) is 0 Å². The maximum absolute atomic E-state index is 15.3. The number of hydrogen-bond donors (Lipinski definition) is 0. The van der Waals surface area contributed by atoms with Gasteiger partial charge in [0.15, 0.2) is 52.4 Å². The molecule has 0 unspecified atom stereocenters. The quantitative estimate of drug-likeness (QED) is 0.0484. The van der Waals surface area contributed by atoms with Crippen molar-refractivity contribution in [2.75, 3.05) is 6.54 Å². The Balaban J connectivity index is 0.000000405. The first-order chi connectivity index (χ1) is 28.1. The van der Waals surface area contributed by atoms with Crippen LogP contribution in [0.25, 0.3) is 5.32 Å². The molecule has 0 amide bonds. The van der Waals surface area contributed by atoms with Crippen LogP contribution in [0.5, 0.6) is 0 Å². The summed E-state index contributed by atoms with van der Waals surface area (Å²) in [5, 5.41) is 4.53. The van der Waals surface area contributed by atoms with Gasteiger partial charge in [-0.15, -0.1) is 46.9 Å². The molecule has 0 heterocycles. The fraction of sp³-hybridized carbons (Fsp3) is 0.163. The van der Waals surface area contributed by atoms with Gasteiger partial charge in [0.2, 0.25) is 0 Å². The van der Waals surface area contributed by atoms with Gasteiger partial charge in [-0.25, -0.2) is 65.9 Å². The van der Waals surface area contributed by atoms with Crippen LogP contribution >= 0.6 is 0 Å². The van der Waals surface area contributed by atoms with E-state index in [1.54, 1.807) is 0 Å². The molecule has 5 aromatic carbocycles. The van der Waals surface area contributed by atoms with Gasteiger partial charge in [0, 0.05) is 0 Å². The molecular weight excluding hydrogens is 874 g/mol. The molecule has 1 saturated carbocycles. The molecule has 1 aliphatic rings. The van der Waals surface area contributed by atoms with Crippen LogP contribution in [-0.2, 0) is 28.0 Å². The van der Waals surface area contributed by atoms with E-state index in [0.717, 1.165) is 42.8 Å². The molecule has 0 spiro atoms. The minimum atomic E-state index is -5.59. The van der Waals surface area contributed by atoms with Crippen LogP contribution in [0.3, 0.4) is 0 Å². The Morgan fingerprint density at radius 2 is 0.754 bits per heavy atom. The molecule has 0 atom stereocenters. The molecule has 1 aliphatic carbocycles. The first kappa shape index (κ1) is 51.0. The summed E-state index contributed by atoms with van der Waals surface area (Å²) in [7, 11) is 0. The first-order valence-corrected chi connectivity index (χ1v) is 17.6. The normalized spacial score (nSPS) is 13.0. The Kier molecular flexibility index (Phi) is 17.7. The van der Waals surface area contributed by atoms with E-state index in [1.165, 1.54) is 12.0 Å². The van der Waals surface area contributed by atoms with Crippen LogP contribution in [0.15, 0.2) is 60.7 Å². The van der Waals surface area contributed by atoms with Crippen LogP contribution < -0.4 is 16.4 Å². The Hall–Kier alpha value is -4.34. The monoisotopic (exact) mass is 905 g/mol. The van der Waals surface area contributed by atoms with E-state index in [2.05, 4.69) is 58.7 Å². The van der Waals surface area contributed by atoms with Gasteiger partial charge in [-0.2, -0.15) is 24.6 Å². The molecule has 319 valence electrons. The zero-order chi connectivity index (χ0) is 44.9. The number of nitrogens with zero attached hydrogens (tertiary/aromatic N) is 1. The van der Waals surface area contributed by atoms with Crippen molar-refractivity contribution in [3.05, 3.63) is 203 Å². The summed E-state index contributed by atoms with van der Waals surface area (Å²) in [6.45, 7) is 11.1. The molecule has 0 N–H and O–H groups in total. The van der Waals surface area contributed by atoms with Crippen LogP contribution in [-0.4, -0.2) is 18.2 Å². The second kappa shape index (κ2) is 21.2. The number of hydrogen-bond acceptors (Lipinski definition) is 0. The molecule has 5 aromatic rings. The summed E-state index contributed by atoms with van der Waals surface area (Å²) in [6.07, 6.45) is 2.11. The van der Waals surface area contributed by atoms with Crippen molar-refractivity contribution in [1.82, 2.24) is 0 Å². The van der Waals surface area contributed by atoms with Gasteiger partial charge in [0.1, 0.15) is 41.0 Å². The average molecular weight is 905 g/mol. The molecule has 0 bridgehead atoms. The van der Waals surface area contributed by atoms with Crippen molar-refractivity contribution in [3.63, 3.8) is 0 Å². The summed E-state index contributed by atoms with van der Waals surface area (Å²) >= 11 is 0. The Bertz CT molecular complexity index is 2040. The van der Waals surface area contributed by atoms with Crippen molar-refractivity contribution in [2.24, 2.45) is 0 Å². The van der Waals surface area contributed by atoms with E-state index in [0.29, 0.717) is 0 Å². The summed E-state index contributed by atoms with van der Waals surface area (Å²) in [5.74, 6) is -43.8. The topological polar surface area (TPSA) is 14.1 Å². The standard InChI is InChI=1S/C25H7BF15.C11H17N.C7H7.Ti/c27-11-8(12(28)18(34)23(39)17(11)33)26(6-7-4-2-1-3-5-7,9-13(29)19(35)24(40)20(36)14(9)30)10-15(31)21(37)25(41)22(38)16(10)32;1-11(2,3)12-9-8-10-6-4-5-7-10;1-7-5-3-2-4-6-7;/h1-5H,6H2;4-7H,8-9H2,1-3H3;2-6H,1H2;/q3*-1;+4. The van der Waals surface area contributed by atoms with Gasteiger partial charge in [0.05, 0.1) is 0 Å². The number of rotatable bonds is 8. The molecule has 1 fully saturated rings. The fourth-order valence-corrected chi connectivity index (χ4v) is 6.45. The number of benzene rings is 5. The van der Waals surface area contributed by atoms with E-state index in [4.69, 9.17) is 0 Å². The average Bonchev–Trinajstić information content (AvgIpc) is 3.73. The van der Waals surface area contributed by atoms with Crippen LogP contribution in [0, 0.1) is 126 Å². The molecule has 5 radical (unpaired) electrons. The Morgan fingerprint density at radius 1 is 0.459 bits per heavy atom. The molecule has 1 nitrogen and oxygen atoms in total. The zero-order valence-electron chi connectivity index (χ0n) is 32.1.